The van der Waals surface area contributed by atoms with Crippen molar-refractivity contribution in [2.45, 2.75) is 5.88 Å². The van der Waals surface area contributed by atoms with Gasteiger partial charge < -0.3 is 9.91 Å². The van der Waals surface area contributed by atoms with E-state index < -0.39 is 0 Å². The van der Waals surface area contributed by atoms with Crippen molar-refractivity contribution in [1.29, 1.82) is 0 Å². The van der Waals surface area contributed by atoms with Gasteiger partial charge in [-0.25, -0.2) is 14.1 Å². The predicted molar refractivity (Wildman–Crippen MR) is 74.7 cm³/mol. The molecule has 6 heteroatoms. The monoisotopic (exact) mass is 282 g/mol. The van der Waals surface area contributed by atoms with Crippen LogP contribution in [0.4, 0.5) is 4.39 Å². The number of benzene rings is 1. The summed E-state index contributed by atoms with van der Waals surface area (Å²) in [5.41, 5.74) is 1.58. The van der Waals surface area contributed by atoms with Crippen LogP contribution in [0.1, 0.15) is 5.82 Å². The second-order valence-electron chi connectivity index (χ2n) is 4.86. The second kappa shape index (κ2) is 4.98. The SMILES string of the molecule is CN1CCN(n2c(CCl)nc3ccc(F)cc32)CC1. The van der Waals surface area contributed by atoms with E-state index >= 15 is 0 Å². The molecule has 2 aromatic rings. The quantitative estimate of drug-likeness (QED) is 0.785. The Labute approximate surface area is 116 Å². The van der Waals surface area contributed by atoms with E-state index in [4.69, 9.17) is 11.6 Å². The van der Waals surface area contributed by atoms with Crippen LogP contribution < -0.4 is 5.01 Å². The molecule has 0 spiro atoms. The maximum atomic E-state index is 13.5. The summed E-state index contributed by atoms with van der Waals surface area (Å²) < 4.78 is 15.4. The van der Waals surface area contributed by atoms with Crippen LogP contribution in [0.5, 0.6) is 0 Å². The smallest absolute Gasteiger partial charge is 0.143 e. The van der Waals surface area contributed by atoms with Gasteiger partial charge in [0.2, 0.25) is 0 Å². The molecule has 0 aliphatic carbocycles. The van der Waals surface area contributed by atoms with Gasteiger partial charge in [-0.3, -0.25) is 0 Å². The standard InChI is InChI=1S/C13H16ClFN4/c1-17-4-6-18(7-5-17)19-12-8-10(15)2-3-11(12)16-13(19)9-14/h2-3,8H,4-7,9H2,1H3. The highest BCUT2D eigenvalue weighted by Gasteiger charge is 2.20. The summed E-state index contributed by atoms with van der Waals surface area (Å²) in [5.74, 6) is 0.846. The van der Waals surface area contributed by atoms with Crippen LogP contribution in [-0.2, 0) is 5.88 Å². The average Bonchev–Trinajstić information content (AvgIpc) is 2.77. The van der Waals surface area contributed by atoms with E-state index in [2.05, 4.69) is 21.9 Å². The highest BCUT2D eigenvalue weighted by molar-refractivity contribution is 6.16. The molecule has 0 N–H and O–H groups in total. The van der Waals surface area contributed by atoms with Crippen molar-refractivity contribution in [2.24, 2.45) is 0 Å². The highest BCUT2D eigenvalue weighted by Crippen LogP contribution is 2.20. The molecule has 0 amide bonds. The summed E-state index contributed by atoms with van der Waals surface area (Å²) in [7, 11) is 2.10. The first-order chi connectivity index (χ1) is 9.19. The summed E-state index contributed by atoms with van der Waals surface area (Å²) in [6.07, 6.45) is 0. The van der Waals surface area contributed by atoms with Gasteiger partial charge in [0.15, 0.2) is 0 Å². The number of aromatic nitrogens is 2. The predicted octanol–water partition coefficient (Wildman–Crippen LogP) is 1.80. The molecule has 1 fully saturated rings. The van der Waals surface area contributed by atoms with Crippen molar-refractivity contribution in [3.05, 3.63) is 29.8 Å². The molecule has 0 atom stereocenters. The van der Waals surface area contributed by atoms with Gasteiger partial charge in [0.05, 0.1) is 16.9 Å². The molecule has 1 aliphatic rings. The number of alkyl halides is 1. The second-order valence-corrected chi connectivity index (χ2v) is 5.13. The summed E-state index contributed by atoms with van der Waals surface area (Å²) >= 11 is 5.98. The lowest BCUT2D eigenvalue weighted by atomic mass is 10.3. The van der Waals surface area contributed by atoms with Crippen LogP contribution >= 0.6 is 11.6 Å². The van der Waals surface area contributed by atoms with E-state index in [1.165, 1.54) is 12.1 Å². The normalized spacial score (nSPS) is 17.3. The number of hydrogen-bond donors (Lipinski definition) is 0. The number of imidazole rings is 1. The summed E-state index contributed by atoms with van der Waals surface area (Å²) in [5, 5.41) is 2.19. The molecule has 0 bridgehead atoms. The van der Waals surface area contributed by atoms with Crippen LogP contribution in [0, 0.1) is 5.82 Å². The summed E-state index contributed by atoms with van der Waals surface area (Å²) in [4.78, 5) is 6.75. The van der Waals surface area contributed by atoms with Crippen LogP contribution in [0.3, 0.4) is 0 Å². The topological polar surface area (TPSA) is 24.3 Å². The minimum absolute atomic E-state index is 0.246. The maximum absolute atomic E-state index is 13.5. The Morgan fingerprint density at radius 1 is 1.26 bits per heavy atom. The van der Waals surface area contributed by atoms with Gasteiger partial charge in [0, 0.05) is 32.2 Å². The molecule has 0 unspecified atom stereocenters. The van der Waals surface area contributed by atoms with Gasteiger partial charge in [-0.15, -0.1) is 11.6 Å². The Balaban J connectivity index is 2.07. The van der Waals surface area contributed by atoms with Crippen molar-refractivity contribution in [3.8, 4) is 0 Å². The maximum Gasteiger partial charge on any atom is 0.143 e. The third kappa shape index (κ3) is 2.28. The first-order valence-corrected chi connectivity index (χ1v) is 6.89. The fraction of sp³-hybridized carbons (Fsp3) is 0.462. The number of hydrogen-bond acceptors (Lipinski definition) is 3. The minimum atomic E-state index is -0.246. The van der Waals surface area contributed by atoms with Crippen molar-refractivity contribution < 1.29 is 4.39 Å². The van der Waals surface area contributed by atoms with Gasteiger partial charge in [0.25, 0.3) is 0 Å². The number of halogens is 2. The molecule has 19 heavy (non-hydrogen) atoms. The third-order valence-corrected chi connectivity index (χ3v) is 3.78. The van der Waals surface area contributed by atoms with Crippen LogP contribution in [0.25, 0.3) is 11.0 Å². The van der Waals surface area contributed by atoms with Gasteiger partial charge in [-0.05, 0) is 19.2 Å². The Bertz CT molecular complexity index is 590. The Kier molecular flexibility index (Phi) is 3.33. The lowest BCUT2D eigenvalue weighted by Gasteiger charge is -2.35. The van der Waals surface area contributed by atoms with Gasteiger partial charge >= 0.3 is 0 Å². The van der Waals surface area contributed by atoms with Gasteiger partial charge in [-0.2, -0.15) is 0 Å². The molecule has 1 saturated heterocycles. The van der Waals surface area contributed by atoms with Crippen LogP contribution in [0.15, 0.2) is 18.2 Å². The molecule has 1 aromatic heterocycles. The average molecular weight is 283 g/mol. The fourth-order valence-corrected chi connectivity index (χ4v) is 2.66. The van der Waals surface area contributed by atoms with Crippen molar-refractivity contribution >= 4 is 22.6 Å². The van der Waals surface area contributed by atoms with E-state index in [1.54, 1.807) is 6.07 Å². The lowest BCUT2D eigenvalue weighted by molar-refractivity contribution is 0.288. The highest BCUT2D eigenvalue weighted by atomic mass is 35.5. The number of piperazine rings is 1. The molecule has 3 rings (SSSR count). The molecule has 2 heterocycles. The van der Waals surface area contributed by atoms with Crippen LogP contribution in [-0.4, -0.2) is 47.8 Å². The molecule has 1 aromatic carbocycles. The molecule has 0 saturated carbocycles. The minimum Gasteiger partial charge on any atom is -0.308 e. The summed E-state index contributed by atoms with van der Waals surface area (Å²) in [6.45, 7) is 3.75. The molecule has 4 nitrogen and oxygen atoms in total. The number of rotatable bonds is 2. The number of fused-ring (bicyclic) bond motifs is 1. The van der Waals surface area contributed by atoms with E-state index in [-0.39, 0.29) is 5.82 Å². The van der Waals surface area contributed by atoms with Crippen molar-refractivity contribution in [3.63, 3.8) is 0 Å². The van der Waals surface area contributed by atoms with Crippen molar-refractivity contribution in [2.75, 3.05) is 38.2 Å². The molecular formula is C13H16ClFN4. The third-order valence-electron chi connectivity index (χ3n) is 3.54. The van der Waals surface area contributed by atoms with E-state index in [9.17, 15) is 4.39 Å². The van der Waals surface area contributed by atoms with Crippen molar-refractivity contribution in [1.82, 2.24) is 14.6 Å². The molecule has 1 aliphatic heterocycles. The zero-order chi connectivity index (χ0) is 13.4. The zero-order valence-electron chi connectivity index (χ0n) is 10.8. The Morgan fingerprint density at radius 2 is 2.00 bits per heavy atom. The number of nitrogens with zero attached hydrogens (tertiary/aromatic N) is 4. The van der Waals surface area contributed by atoms with Crippen LogP contribution in [0.2, 0.25) is 0 Å². The fourth-order valence-electron chi connectivity index (χ4n) is 2.48. The van der Waals surface area contributed by atoms with Gasteiger partial charge in [0.1, 0.15) is 11.6 Å². The lowest BCUT2D eigenvalue weighted by Crippen LogP contribution is -2.50. The summed E-state index contributed by atoms with van der Waals surface area (Å²) in [6, 6.07) is 4.66. The first-order valence-electron chi connectivity index (χ1n) is 6.35. The first kappa shape index (κ1) is 12.7. The molecule has 0 radical (unpaired) electrons. The Hall–Kier alpha value is -1.33. The van der Waals surface area contributed by atoms with Gasteiger partial charge in [-0.1, -0.05) is 0 Å². The zero-order valence-corrected chi connectivity index (χ0v) is 11.6. The van der Waals surface area contributed by atoms with E-state index in [0.717, 1.165) is 43.0 Å². The van der Waals surface area contributed by atoms with E-state index in [1.807, 2.05) is 4.68 Å². The molecule has 102 valence electrons. The number of likely N-dealkylation sites (N-methyl/N-ethyl adjacent to an activating group) is 1. The van der Waals surface area contributed by atoms with E-state index in [0.29, 0.717) is 5.88 Å². The molecular weight excluding hydrogens is 267 g/mol. The largest absolute Gasteiger partial charge is 0.308 e. The Morgan fingerprint density at radius 3 is 2.68 bits per heavy atom.